The van der Waals surface area contributed by atoms with E-state index in [-0.39, 0.29) is 23.6 Å². The number of aliphatic hydroxyl groups excluding tert-OH is 1. The van der Waals surface area contributed by atoms with Crippen molar-refractivity contribution in [3.8, 4) is 5.88 Å². The number of nitrogens with zero attached hydrogens (tertiary/aromatic N) is 1. The summed E-state index contributed by atoms with van der Waals surface area (Å²) in [6, 6.07) is 4.84. The summed E-state index contributed by atoms with van der Waals surface area (Å²) in [6.45, 7) is 3.63. The predicted molar refractivity (Wildman–Crippen MR) is 96.3 cm³/mol. The van der Waals surface area contributed by atoms with E-state index in [1.165, 1.54) is 7.11 Å². The zero-order chi connectivity index (χ0) is 18.8. The van der Waals surface area contributed by atoms with E-state index < -0.39 is 11.5 Å². The van der Waals surface area contributed by atoms with Gasteiger partial charge in [-0.2, -0.15) is 0 Å². The fourth-order valence-corrected chi connectivity index (χ4v) is 3.19. The molecule has 1 aliphatic rings. The normalized spacial score (nSPS) is 20.2. The summed E-state index contributed by atoms with van der Waals surface area (Å²) < 4.78 is 5.07. The standard InChI is InChI=1S/C19H23N3O4/c1-10-6-15(18(24)21-11(10)2)19(25)22-17(13-7-14(23)8-13)12-4-5-16(26-3)20-9-12/h4-6,9,13-14,17,23H,7-8H2,1-3H3,(H,21,24)(H,22,25). The molecule has 1 amide bonds. The van der Waals surface area contributed by atoms with Crippen LogP contribution in [0.25, 0.3) is 0 Å². The van der Waals surface area contributed by atoms with Gasteiger partial charge in [-0.3, -0.25) is 9.59 Å². The number of hydrogen-bond acceptors (Lipinski definition) is 5. The average molecular weight is 357 g/mol. The molecule has 1 unspecified atom stereocenters. The Labute approximate surface area is 151 Å². The van der Waals surface area contributed by atoms with Crippen LogP contribution in [0.3, 0.4) is 0 Å². The molecule has 1 atom stereocenters. The maximum Gasteiger partial charge on any atom is 0.261 e. The highest BCUT2D eigenvalue weighted by Gasteiger charge is 2.36. The average Bonchev–Trinajstić information content (AvgIpc) is 2.60. The van der Waals surface area contributed by atoms with Gasteiger partial charge in [0.25, 0.3) is 11.5 Å². The van der Waals surface area contributed by atoms with E-state index in [0.717, 1.165) is 16.8 Å². The number of carbonyl (C=O) groups excluding carboxylic acids is 1. The highest BCUT2D eigenvalue weighted by Crippen LogP contribution is 2.38. The molecular weight excluding hydrogens is 334 g/mol. The molecule has 26 heavy (non-hydrogen) atoms. The first-order chi connectivity index (χ1) is 12.4. The molecule has 3 rings (SSSR count). The van der Waals surface area contributed by atoms with Crippen LogP contribution in [0.4, 0.5) is 0 Å². The van der Waals surface area contributed by atoms with Crippen molar-refractivity contribution in [2.45, 2.75) is 38.8 Å². The summed E-state index contributed by atoms with van der Waals surface area (Å²) in [7, 11) is 1.54. The van der Waals surface area contributed by atoms with Gasteiger partial charge in [0, 0.05) is 18.0 Å². The quantitative estimate of drug-likeness (QED) is 0.755. The Bertz CT molecular complexity index is 854. The minimum atomic E-state index is -0.434. The minimum Gasteiger partial charge on any atom is -0.481 e. The summed E-state index contributed by atoms with van der Waals surface area (Å²) in [4.78, 5) is 31.8. The van der Waals surface area contributed by atoms with E-state index in [4.69, 9.17) is 4.74 Å². The van der Waals surface area contributed by atoms with Crippen LogP contribution >= 0.6 is 0 Å². The second-order valence-corrected chi connectivity index (χ2v) is 6.79. The van der Waals surface area contributed by atoms with Crippen molar-refractivity contribution >= 4 is 5.91 Å². The molecule has 3 N–H and O–H groups in total. The van der Waals surface area contributed by atoms with Gasteiger partial charge in [-0.1, -0.05) is 6.07 Å². The Morgan fingerprint density at radius 2 is 2.12 bits per heavy atom. The van der Waals surface area contributed by atoms with Gasteiger partial charge >= 0.3 is 0 Å². The predicted octanol–water partition coefficient (Wildman–Crippen LogP) is 1.64. The van der Waals surface area contributed by atoms with E-state index in [2.05, 4.69) is 15.3 Å². The third kappa shape index (κ3) is 3.62. The molecule has 7 nitrogen and oxygen atoms in total. The first kappa shape index (κ1) is 18.1. The molecule has 1 fully saturated rings. The monoisotopic (exact) mass is 357 g/mol. The third-order valence-electron chi connectivity index (χ3n) is 4.98. The third-order valence-corrected chi connectivity index (χ3v) is 4.98. The molecule has 1 aliphatic carbocycles. The van der Waals surface area contributed by atoms with E-state index in [9.17, 15) is 14.7 Å². The first-order valence-electron chi connectivity index (χ1n) is 8.58. The minimum absolute atomic E-state index is 0.0828. The van der Waals surface area contributed by atoms with Crippen LogP contribution in [0.15, 0.2) is 29.2 Å². The lowest BCUT2D eigenvalue weighted by Gasteiger charge is -2.38. The number of amides is 1. The molecule has 0 aliphatic heterocycles. The summed E-state index contributed by atoms with van der Waals surface area (Å²) in [5.41, 5.74) is 2.07. The Morgan fingerprint density at radius 1 is 1.38 bits per heavy atom. The molecule has 2 aromatic rings. The lowest BCUT2D eigenvalue weighted by Crippen LogP contribution is -2.42. The van der Waals surface area contributed by atoms with Crippen molar-refractivity contribution in [3.05, 3.63) is 57.1 Å². The van der Waals surface area contributed by atoms with E-state index in [1.807, 2.05) is 13.0 Å². The molecule has 0 radical (unpaired) electrons. The molecule has 2 heterocycles. The van der Waals surface area contributed by atoms with Crippen molar-refractivity contribution in [1.82, 2.24) is 15.3 Å². The van der Waals surface area contributed by atoms with Crippen molar-refractivity contribution in [1.29, 1.82) is 0 Å². The number of methoxy groups -OCH3 is 1. The van der Waals surface area contributed by atoms with Gasteiger partial charge < -0.3 is 20.1 Å². The smallest absolute Gasteiger partial charge is 0.261 e. The first-order valence-corrected chi connectivity index (χ1v) is 8.58. The Kier molecular flexibility index (Phi) is 5.08. The van der Waals surface area contributed by atoms with Crippen molar-refractivity contribution in [3.63, 3.8) is 0 Å². The summed E-state index contributed by atoms with van der Waals surface area (Å²) in [5, 5.41) is 12.6. The van der Waals surface area contributed by atoms with Gasteiger partial charge in [-0.05, 0) is 49.8 Å². The van der Waals surface area contributed by atoms with Crippen LogP contribution in [0.1, 0.15) is 46.1 Å². The van der Waals surface area contributed by atoms with Crippen LogP contribution < -0.4 is 15.6 Å². The maximum atomic E-state index is 12.7. The topological polar surface area (TPSA) is 104 Å². The molecule has 7 heteroatoms. The Hall–Kier alpha value is -2.67. The van der Waals surface area contributed by atoms with Crippen LogP contribution in [0, 0.1) is 19.8 Å². The van der Waals surface area contributed by atoms with Crippen LogP contribution in [-0.2, 0) is 0 Å². The number of pyridine rings is 2. The summed E-state index contributed by atoms with van der Waals surface area (Å²) >= 11 is 0. The van der Waals surface area contributed by atoms with Gasteiger partial charge in [0.2, 0.25) is 5.88 Å². The number of aliphatic hydroxyl groups is 1. The van der Waals surface area contributed by atoms with Gasteiger partial charge in [-0.25, -0.2) is 4.98 Å². The number of nitrogens with one attached hydrogen (secondary N) is 2. The van der Waals surface area contributed by atoms with Crippen LogP contribution in [0.2, 0.25) is 0 Å². The number of rotatable bonds is 5. The van der Waals surface area contributed by atoms with Crippen molar-refractivity contribution < 1.29 is 14.6 Å². The lowest BCUT2D eigenvalue weighted by molar-refractivity contribution is 0.0234. The molecule has 1 saturated carbocycles. The van der Waals surface area contributed by atoms with E-state index >= 15 is 0 Å². The molecule has 2 aromatic heterocycles. The van der Waals surface area contributed by atoms with E-state index in [0.29, 0.717) is 18.7 Å². The SMILES string of the molecule is COc1ccc(C(NC(=O)c2cc(C)c(C)[nH]c2=O)C2CC(O)C2)cn1. The zero-order valence-corrected chi connectivity index (χ0v) is 15.1. The number of carbonyl (C=O) groups is 1. The molecule has 0 bridgehead atoms. The summed E-state index contributed by atoms with van der Waals surface area (Å²) in [5.74, 6) is 0.143. The number of ether oxygens (including phenoxy) is 1. The number of aromatic amines is 1. The maximum absolute atomic E-state index is 12.7. The van der Waals surface area contributed by atoms with Gasteiger partial charge in [0.15, 0.2) is 0 Å². The molecule has 0 saturated heterocycles. The largest absolute Gasteiger partial charge is 0.481 e. The number of H-pyrrole nitrogens is 1. The lowest BCUT2D eigenvalue weighted by atomic mass is 9.75. The highest BCUT2D eigenvalue weighted by atomic mass is 16.5. The number of aryl methyl sites for hydroxylation is 2. The molecule has 0 spiro atoms. The molecular formula is C19H23N3O4. The number of aromatic nitrogens is 2. The van der Waals surface area contributed by atoms with Crippen molar-refractivity contribution in [2.75, 3.05) is 7.11 Å². The fraction of sp³-hybridized carbons (Fsp3) is 0.421. The second-order valence-electron chi connectivity index (χ2n) is 6.79. The Balaban J connectivity index is 1.87. The second kappa shape index (κ2) is 7.29. The van der Waals surface area contributed by atoms with Crippen LogP contribution in [0.5, 0.6) is 5.88 Å². The number of hydrogen-bond donors (Lipinski definition) is 3. The molecule has 138 valence electrons. The van der Waals surface area contributed by atoms with Gasteiger partial charge in [0.05, 0.1) is 19.3 Å². The summed E-state index contributed by atoms with van der Waals surface area (Å²) in [6.07, 6.45) is 2.50. The van der Waals surface area contributed by atoms with Crippen LogP contribution in [-0.4, -0.2) is 34.2 Å². The molecule has 0 aromatic carbocycles. The Morgan fingerprint density at radius 3 is 2.69 bits per heavy atom. The highest BCUT2D eigenvalue weighted by molar-refractivity contribution is 5.94. The fourth-order valence-electron chi connectivity index (χ4n) is 3.19. The zero-order valence-electron chi connectivity index (χ0n) is 15.1. The van der Waals surface area contributed by atoms with Gasteiger partial charge in [0.1, 0.15) is 5.56 Å². The van der Waals surface area contributed by atoms with Crippen molar-refractivity contribution in [2.24, 2.45) is 5.92 Å². The van der Waals surface area contributed by atoms with Gasteiger partial charge in [-0.15, -0.1) is 0 Å². The van der Waals surface area contributed by atoms with E-state index in [1.54, 1.807) is 25.3 Å².